The Kier molecular flexibility index (Phi) is 9.29. The third kappa shape index (κ3) is 6.52. The van der Waals surface area contributed by atoms with Crippen molar-refractivity contribution < 1.29 is 4.42 Å². The maximum atomic E-state index is 6.19. The summed E-state index contributed by atoms with van der Waals surface area (Å²) < 4.78 is 5.29. The van der Waals surface area contributed by atoms with Crippen LogP contribution in [0.4, 0.5) is 0 Å². The smallest absolute Gasteiger partial charge is 0.216 e. The van der Waals surface area contributed by atoms with E-state index in [1.54, 1.807) is 6.26 Å². The Balaban J connectivity index is 0.00000280. The Morgan fingerprint density at radius 3 is 2.79 bits per heavy atom. The molecule has 7 nitrogen and oxygen atoms in total. The molecule has 150 valence electrons. The second kappa shape index (κ2) is 11.7. The van der Waals surface area contributed by atoms with Gasteiger partial charge in [-0.3, -0.25) is 10.1 Å². The summed E-state index contributed by atoms with van der Waals surface area (Å²) in [6.07, 6.45) is 3.10. The lowest BCUT2D eigenvalue weighted by molar-refractivity contribution is 0.577. The van der Waals surface area contributed by atoms with Crippen molar-refractivity contribution >= 4 is 41.5 Å². The van der Waals surface area contributed by atoms with Gasteiger partial charge < -0.3 is 15.1 Å². The minimum Gasteiger partial charge on any atom is -0.461 e. The zero-order valence-corrected chi connectivity index (χ0v) is 18.7. The number of H-pyrrole nitrogens is 1. The Labute approximate surface area is 186 Å². The molecule has 0 saturated heterocycles. The monoisotopic (exact) mass is 514 g/mol. The molecule has 0 fully saturated rings. The fourth-order valence-corrected chi connectivity index (χ4v) is 2.79. The Morgan fingerprint density at radius 2 is 2.04 bits per heavy atom. The summed E-state index contributed by atoms with van der Waals surface area (Å²) in [4.78, 5) is 9.01. The fraction of sp³-hybridized carbons (Fsp3) is 0.316. The Morgan fingerprint density at radius 1 is 1.18 bits per heavy atom. The standard InChI is InChI=1S/C19H23ClN6O.HI/c1-2-21-19(22-11-9-14-6-3-4-7-15(14)20)23-12-10-17-24-18(26-25-17)16-8-5-13-27-16;/h3-8,13H,2,9-12H2,1H3,(H2,21,22,23)(H,24,25,26);1H. The van der Waals surface area contributed by atoms with Gasteiger partial charge in [0.15, 0.2) is 11.7 Å². The molecule has 0 atom stereocenters. The van der Waals surface area contributed by atoms with Crippen LogP contribution in [0.1, 0.15) is 18.3 Å². The maximum absolute atomic E-state index is 6.19. The van der Waals surface area contributed by atoms with Crippen LogP contribution in [-0.4, -0.2) is 40.8 Å². The number of hydrogen-bond donors (Lipinski definition) is 3. The zero-order valence-electron chi connectivity index (χ0n) is 15.6. The van der Waals surface area contributed by atoms with Gasteiger partial charge in [0.1, 0.15) is 5.82 Å². The van der Waals surface area contributed by atoms with Gasteiger partial charge in [-0.05, 0) is 37.1 Å². The van der Waals surface area contributed by atoms with Gasteiger partial charge in [-0.2, -0.15) is 5.10 Å². The van der Waals surface area contributed by atoms with E-state index in [1.807, 2.05) is 43.3 Å². The molecule has 0 aliphatic rings. The summed E-state index contributed by atoms with van der Waals surface area (Å²) in [7, 11) is 0. The Bertz CT molecular complexity index is 865. The number of aliphatic imine (C=N–C) groups is 1. The molecule has 3 N–H and O–H groups in total. The number of nitrogens with zero attached hydrogens (tertiary/aromatic N) is 3. The van der Waals surface area contributed by atoms with Gasteiger partial charge in [-0.25, -0.2) is 4.98 Å². The summed E-state index contributed by atoms with van der Waals surface area (Å²) in [5, 5.41) is 14.4. The molecule has 0 amide bonds. The lowest BCUT2D eigenvalue weighted by Gasteiger charge is -2.11. The van der Waals surface area contributed by atoms with Crippen LogP contribution in [0.3, 0.4) is 0 Å². The van der Waals surface area contributed by atoms with Crippen LogP contribution in [0.5, 0.6) is 0 Å². The quantitative estimate of drug-likeness (QED) is 0.242. The first-order valence-corrected chi connectivity index (χ1v) is 9.35. The zero-order chi connectivity index (χ0) is 18.9. The summed E-state index contributed by atoms with van der Waals surface area (Å²) in [5.41, 5.74) is 1.12. The molecule has 2 aromatic heterocycles. The molecular weight excluding hydrogens is 491 g/mol. The van der Waals surface area contributed by atoms with Crippen LogP contribution in [0.2, 0.25) is 5.02 Å². The van der Waals surface area contributed by atoms with E-state index in [0.29, 0.717) is 24.6 Å². The molecule has 0 radical (unpaired) electrons. The van der Waals surface area contributed by atoms with E-state index in [1.165, 1.54) is 0 Å². The van der Waals surface area contributed by atoms with E-state index >= 15 is 0 Å². The van der Waals surface area contributed by atoms with Gasteiger partial charge in [-0.1, -0.05) is 29.8 Å². The van der Waals surface area contributed by atoms with Gasteiger partial charge in [0, 0.05) is 31.1 Å². The number of aromatic amines is 1. The molecule has 0 spiro atoms. The lowest BCUT2D eigenvalue weighted by atomic mass is 10.1. The highest BCUT2D eigenvalue weighted by Gasteiger charge is 2.08. The number of guanidine groups is 1. The predicted octanol–water partition coefficient (Wildman–Crippen LogP) is 3.68. The second-order valence-corrected chi connectivity index (χ2v) is 6.27. The number of halogens is 2. The summed E-state index contributed by atoms with van der Waals surface area (Å²) in [6.45, 7) is 4.18. The van der Waals surface area contributed by atoms with Crippen molar-refractivity contribution in [1.82, 2.24) is 25.8 Å². The molecule has 3 rings (SSSR count). The van der Waals surface area contributed by atoms with Crippen molar-refractivity contribution in [3.63, 3.8) is 0 Å². The molecule has 0 bridgehead atoms. The molecule has 0 saturated carbocycles. The van der Waals surface area contributed by atoms with Crippen LogP contribution < -0.4 is 10.6 Å². The first-order chi connectivity index (χ1) is 13.3. The predicted molar refractivity (Wildman–Crippen MR) is 122 cm³/mol. The maximum Gasteiger partial charge on any atom is 0.216 e. The average Bonchev–Trinajstić information content (AvgIpc) is 3.35. The topological polar surface area (TPSA) is 91.1 Å². The third-order valence-corrected chi connectivity index (χ3v) is 4.25. The molecule has 0 unspecified atom stereocenters. The fourth-order valence-electron chi connectivity index (χ4n) is 2.56. The minimum atomic E-state index is 0. The first-order valence-electron chi connectivity index (χ1n) is 8.97. The van der Waals surface area contributed by atoms with Gasteiger partial charge in [0.25, 0.3) is 0 Å². The SMILES string of the molecule is CCNC(=NCCc1nc(-c2ccco2)n[nH]1)NCCc1ccccc1Cl.I. The number of aromatic nitrogens is 3. The molecule has 28 heavy (non-hydrogen) atoms. The van der Waals surface area contributed by atoms with Crippen molar-refractivity contribution in [2.45, 2.75) is 19.8 Å². The van der Waals surface area contributed by atoms with Crippen molar-refractivity contribution in [2.24, 2.45) is 4.99 Å². The van der Waals surface area contributed by atoms with E-state index in [-0.39, 0.29) is 24.0 Å². The van der Waals surface area contributed by atoms with Crippen LogP contribution in [0.15, 0.2) is 52.1 Å². The largest absolute Gasteiger partial charge is 0.461 e. The van der Waals surface area contributed by atoms with Crippen LogP contribution in [0, 0.1) is 0 Å². The van der Waals surface area contributed by atoms with Crippen LogP contribution >= 0.6 is 35.6 Å². The van der Waals surface area contributed by atoms with E-state index in [4.69, 9.17) is 16.0 Å². The van der Waals surface area contributed by atoms with Crippen LogP contribution in [-0.2, 0) is 12.8 Å². The van der Waals surface area contributed by atoms with Gasteiger partial charge in [0.05, 0.1) is 6.26 Å². The van der Waals surface area contributed by atoms with Crippen molar-refractivity contribution in [3.8, 4) is 11.6 Å². The molecule has 0 aliphatic heterocycles. The van der Waals surface area contributed by atoms with E-state index in [0.717, 1.165) is 41.9 Å². The first kappa shape index (κ1) is 22.2. The summed E-state index contributed by atoms with van der Waals surface area (Å²) in [5.74, 6) is 2.76. The number of furan rings is 1. The van der Waals surface area contributed by atoms with Crippen LogP contribution in [0.25, 0.3) is 11.6 Å². The van der Waals surface area contributed by atoms with E-state index in [9.17, 15) is 0 Å². The van der Waals surface area contributed by atoms with Gasteiger partial charge in [-0.15, -0.1) is 24.0 Å². The Hall–Kier alpha value is -2.07. The molecular formula is C19H24ClIN6O. The number of rotatable bonds is 8. The highest BCUT2D eigenvalue weighted by Crippen LogP contribution is 2.15. The third-order valence-electron chi connectivity index (χ3n) is 3.88. The van der Waals surface area contributed by atoms with Crippen molar-refractivity contribution in [2.75, 3.05) is 19.6 Å². The molecule has 1 aromatic carbocycles. The van der Waals surface area contributed by atoms with Gasteiger partial charge >= 0.3 is 0 Å². The van der Waals surface area contributed by atoms with E-state index < -0.39 is 0 Å². The molecule has 9 heteroatoms. The lowest BCUT2D eigenvalue weighted by Crippen LogP contribution is -2.38. The number of benzene rings is 1. The highest BCUT2D eigenvalue weighted by molar-refractivity contribution is 14.0. The highest BCUT2D eigenvalue weighted by atomic mass is 127. The number of nitrogens with one attached hydrogen (secondary N) is 3. The average molecular weight is 515 g/mol. The van der Waals surface area contributed by atoms with Crippen molar-refractivity contribution in [1.29, 1.82) is 0 Å². The normalized spacial score (nSPS) is 11.1. The van der Waals surface area contributed by atoms with Crippen molar-refractivity contribution in [3.05, 3.63) is 59.1 Å². The van der Waals surface area contributed by atoms with Gasteiger partial charge in [0.2, 0.25) is 5.82 Å². The van der Waals surface area contributed by atoms with E-state index in [2.05, 4.69) is 30.8 Å². The molecule has 2 heterocycles. The molecule has 3 aromatic rings. The minimum absolute atomic E-state index is 0. The summed E-state index contributed by atoms with van der Waals surface area (Å²) >= 11 is 6.19. The molecule has 0 aliphatic carbocycles. The number of hydrogen-bond acceptors (Lipinski definition) is 4. The second-order valence-electron chi connectivity index (χ2n) is 5.86. The summed E-state index contributed by atoms with van der Waals surface area (Å²) in [6, 6.07) is 11.5.